The number of nitrogens with zero attached hydrogens (tertiary/aromatic N) is 3. The summed E-state index contributed by atoms with van der Waals surface area (Å²) >= 11 is 0. The number of fused-ring (bicyclic) bond motifs is 1. The highest BCUT2D eigenvalue weighted by Crippen LogP contribution is 2.29. The van der Waals surface area contributed by atoms with E-state index in [1.807, 2.05) is 6.92 Å². The van der Waals surface area contributed by atoms with E-state index in [1.165, 1.54) is 12.8 Å². The lowest BCUT2D eigenvalue weighted by molar-refractivity contribution is 0.403. The third kappa shape index (κ3) is 1.66. The van der Waals surface area contributed by atoms with E-state index in [-0.39, 0.29) is 6.04 Å². The summed E-state index contributed by atoms with van der Waals surface area (Å²) in [6.45, 7) is 5.15. The minimum Gasteiger partial charge on any atom is -0.328 e. The Morgan fingerprint density at radius 3 is 3.07 bits per heavy atom. The molecular weight excluding hydrogens is 176 g/mol. The normalized spacial score (nSPS) is 23.2. The first-order valence-corrected chi connectivity index (χ1v) is 5.33. The molecule has 14 heavy (non-hydrogen) atoms. The van der Waals surface area contributed by atoms with Crippen LogP contribution in [-0.2, 0) is 6.54 Å². The molecule has 0 aliphatic carbocycles. The Labute approximate surface area is 84.5 Å². The summed E-state index contributed by atoms with van der Waals surface area (Å²) in [5, 5.41) is 8.38. The van der Waals surface area contributed by atoms with Crippen molar-refractivity contribution in [3.8, 4) is 0 Å². The second-order valence-corrected chi connectivity index (χ2v) is 4.31. The molecule has 4 heteroatoms. The van der Waals surface area contributed by atoms with Crippen LogP contribution in [0, 0.1) is 6.92 Å². The summed E-state index contributed by atoms with van der Waals surface area (Å²) < 4.78 is 2.23. The predicted octanol–water partition coefficient (Wildman–Crippen LogP) is 1.20. The van der Waals surface area contributed by atoms with Gasteiger partial charge in [0.05, 0.1) is 0 Å². The van der Waals surface area contributed by atoms with Crippen LogP contribution in [0.5, 0.6) is 0 Å². The van der Waals surface area contributed by atoms with Crippen molar-refractivity contribution in [2.45, 2.75) is 51.6 Å². The van der Waals surface area contributed by atoms with Crippen molar-refractivity contribution in [2.24, 2.45) is 5.73 Å². The first-order chi connectivity index (χ1) is 6.68. The number of rotatable bonds is 2. The second-order valence-electron chi connectivity index (χ2n) is 4.31. The van der Waals surface area contributed by atoms with Gasteiger partial charge in [-0.15, -0.1) is 10.2 Å². The van der Waals surface area contributed by atoms with Crippen LogP contribution >= 0.6 is 0 Å². The van der Waals surface area contributed by atoms with E-state index in [9.17, 15) is 0 Å². The molecule has 2 rings (SSSR count). The summed E-state index contributed by atoms with van der Waals surface area (Å²) in [6, 6.07) is 0.253. The Morgan fingerprint density at radius 1 is 1.57 bits per heavy atom. The van der Waals surface area contributed by atoms with Gasteiger partial charge >= 0.3 is 0 Å². The highest BCUT2D eigenvalue weighted by molar-refractivity contribution is 5.04. The van der Waals surface area contributed by atoms with Crippen molar-refractivity contribution in [2.75, 3.05) is 0 Å². The molecule has 0 radical (unpaired) electrons. The molecule has 0 aromatic carbocycles. The van der Waals surface area contributed by atoms with Crippen molar-refractivity contribution in [1.29, 1.82) is 0 Å². The molecule has 2 heterocycles. The minimum absolute atomic E-state index is 0.253. The average molecular weight is 194 g/mol. The molecule has 0 saturated heterocycles. The van der Waals surface area contributed by atoms with Gasteiger partial charge in [0.15, 0.2) is 0 Å². The number of hydrogen-bond donors (Lipinski definition) is 1. The maximum absolute atomic E-state index is 5.83. The Hall–Kier alpha value is -0.900. The lowest BCUT2D eigenvalue weighted by Gasteiger charge is -2.24. The zero-order valence-corrected chi connectivity index (χ0v) is 8.90. The molecule has 1 aliphatic rings. The van der Waals surface area contributed by atoms with E-state index in [2.05, 4.69) is 21.7 Å². The van der Waals surface area contributed by atoms with Gasteiger partial charge in [-0.3, -0.25) is 0 Å². The SMILES string of the molecule is Cc1nnc2n1CCCC2CC(C)N. The Bertz CT molecular complexity index is 316. The van der Waals surface area contributed by atoms with Gasteiger partial charge in [-0.25, -0.2) is 0 Å². The number of hydrogen-bond acceptors (Lipinski definition) is 3. The highest BCUT2D eigenvalue weighted by Gasteiger charge is 2.24. The quantitative estimate of drug-likeness (QED) is 0.769. The minimum atomic E-state index is 0.253. The third-order valence-electron chi connectivity index (χ3n) is 2.92. The summed E-state index contributed by atoms with van der Waals surface area (Å²) in [5.74, 6) is 2.70. The first kappa shape index (κ1) is 9.65. The maximum Gasteiger partial charge on any atom is 0.136 e. The van der Waals surface area contributed by atoms with E-state index in [0.717, 1.165) is 24.6 Å². The molecule has 78 valence electrons. The van der Waals surface area contributed by atoms with Crippen LogP contribution in [0.15, 0.2) is 0 Å². The third-order valence-corrected chi connectivity index (χ3v) is 2.92. The van der Waals surface area contributed by atoms with Crippen LogP contribution in [0.1, 0.15) is 43.8 Å². The molecule has 4 nitrogen and oxygen atoms in total. The van der Waals surface area contributed by atoms with Gasteiger partial charge < -0.3 is 10.3 Å². The second kappa shape index (κ2) is 3.69. The molecular formula is C10H18N4. The molecule has 1 aromatic rings. The van der Waals surface area contributed by atoms with E-state index in [4.69, 9.17) is 5.73 Å². The van der Waals surface area contributed by atoms with Crippen molar-refractivity contribution < 1.29 is 0 Å². The van der Waals surface area contributed by atoms with E-state index < -0.39 is 0 Å². The summed E-state index contributed by atoms with van der Waals surface area (Å²) in [4.78, 5) is 0. The topological polar surface area (TPSA) is 56.7 Å². The van der Waals surface area contributed by atoms with Gasteiger partial charge in [0.2, 0.25) is 0 Å². The largest absolute Gasteiger partial charge is 0.328 e. The standard InChI is InChI=1S/C10H18N4/c1-7(11)6-9-4-3-5-14-8(2)12-13-10(9)14/h7,9H,3-6,11H2,1-2H3. The highest BCUT2D eigenvalue weighted by atomic mass is 15.3. The van der Waals surface area contributed by atoms with Gasteiger partial charge in [-0.05, 0) is 33.1 Å². The maximum atomic E-state index is 5.83. The van der Waals surface area contributed by atoms with Crippen molar-refractivity contribution in [1.82, 2.24) is 14.8 Å². The van der Waals surface area contributed by atoms with Crippen molar-refractivity contribution >= 4 is 0 Å². The van der Waals surface area contributed by atoms with Gasteiger partial charge in [-0.1, -0.05) is 0 Å². The van der Waals surface area contributed by atoms with E-state index >= 15 is 0 Å². The summed E-state index contributed by atoms with van der Waals surface area (Å²) in [7, 11) is 0. The predicted molar refractivity (Wildman–Crippen MR) is 55.0 cm³/mol. The molecule has 1 aliphatic heterocycles. The molecule has 0 saturated carbocycles. The monoisotopic (exact) mass is 194 g/mol. The van der Waals surface area contributed by atoms with Gasteiger partial charge in [-0.2, -0.15) is 0 Å². The molecule has 0 spiro atoms. The van der Waals surface area contributed by atoms with Crippen LogP contribution < -0.4 is 5.73 Å². The fourth-order valence-corrected chi connectivity index (χ4v) is 2.27. The van der Waals surface area contributed by atoms with Gasteiger partial charge in [0.1, 0.15) is 11.6 Å². The number of aryl methyl sites for hydroxylation is 1. The van der Waals surface area contributed by atoms with Crippen LogP contribution in [-0.4, -0.2) is 20.8 Å². The van der Waals surface area contributed by atoms with Gasteiger partial charge in [0, 0.05) is 18.5 Å². The molecule has 0 amide bonds. The molecule has 2 N–H and O–H groups in total. The Morgan fingerprint density at radius 2 is 2.36 bits per heavy atom. The fraction of sp³-hybridized carbons (Fsp3) is 0.800. The Balaban J connectivity index is 2.22. The molecule has 0 bridgehead atoms. The molecule has 2 atom stereocenters. The van der Waals surface area contributed by atoms with Crippen molar-refractivity contribution in [3.05, 3.63) is 11.6 Å². The smallest absolute Gasteiger partial charge is 0.136 e. The van der Waals surface area contributed by atoms with Crippen LogP contribution in [0.25, 0.3) is 0 Å². The molecule has 1 aromatic heterocycles. The fourth-order valence-electron chi connectivity index (χ4n) is 2.27. The summed E-state index contributed by atoms with van der Waals surface area (Å²) in [5.41, 5.74) is 5.83. The van der Waals surface area contributed by atoms with Gasteiger partial charge in [0.25, 0.3) is 0 Å². The number of aromatic nitrogens is 3. The zero-order chi connectivity index (χ0) is 10.1. The molecule has 2 unspecified atom stereocenters. The van der Waals surface area contributed by atoms with E-state index in [0.29, 0.717) is 5.92 Å². The first-order valence-electron chi connectivity index (χ1n) is 5.33. The van der Waals surface area contributed by atoms with Crippen LogP contribution in [0.4, 0.5) is 0 Å². The van der Waals surface area contributed by atoms with E-state index in [1.54, 1.807) is 0 Å². The summed E-state index contributed by atoms with van der Waals surface area (Å²) in [6.07, 6.45) is 3.46. The van der Waals surface area contributed by atoms with Crippen molar-refractivity contribution in [3.63, 3.8) is 0 Å². The Kier molecular flexibility index (Phi) is 2.54. The van der Waals surface area contributed by atoms with Crippen LogP contribution in [0.3, 0.4) is 0 Å². The number of nitrogens with two attached hydrogens (primary N) is 1. The lowest BCUT2D eigenvalue weighted by Crippen LogP contribution is -2.24. The molecule has 0 fully saturated rings. The average Bonchev–Trinajstić information content (AvgIpc) is 2.49. The zero-order valence-electron chi connectivity index (χ0n) is 8.90. The lowest BCUT2D eigenvalue weighted by atomic mass is 9.92. The van der Waals surface area contributed by atoms with Crippen LogP contribution in [0.2, 0.25) is 0 Å².